The van der Waals surface area contributed by atoms with Gasteiger partial charge in [0.05, 0.1) is 19.8 Å². The third-order valence-electron chi connectivity index (χ3n) is 4.00. The lowest BCUT2D eigenvalue weighted by molar-refractivity contribution is -0.908. The Kier molecular flexibility index (Phi) is 7.09. The Morgan fingerprint density at radius 3 is 2.82 bits per heavy atom. The summed E-state index contributed by atoms with van der Waals surface area (Å²) in [5.41, 5.74) is 2.38. The summed E-state index contributed by atoms with van der Waals surface area (Å²) >= 11 is 5.37. The second-order valence-corrected chi connectivity index (χ2v) is 6.54. The minimum Gasteiger partial charge on any atom is -0.370 e. The zero-order valence-corrected chi connectivity index (χ0v) is 14.5. The van der Waals surface area contributed by atoms with E-state index in [9.17, 15) is 0 Å². The summed E-state index contributed by atoms with van der Waals surface area (Å²) in [5, 5.41) is 7.27. The standard InChI is InChI=1S/C17H27N3OS/c1-14(2)15-5-3-6-16(13-15)19-17(22)18-7-4-8-20-9-11-21-12-10-20/h3,5-6,13-14H,4,7-12H2,1-2H3,(H2,18,19,22)/p+1. The molecule has 1 aromatic carbocycles. The SMILES string of the molecule is CC(C)c1cccc(NC(=S)NCCC[NH+]2CCOCC2)c1. The molecular formula is C17H28N3OS+. The minimum absolute atomic E-state index is 0.528. The van der Waals surface area contributed by atoms with Gasteiger partial charge in [-0.2, -0.15) is 0 Å². The lowest BCUT2D eigenvalue weighted by Gasteiger charge is -2.23. The first-order valence-corrected chi connectivity index (χ1v) is 8.62. The molecule has 1 heterocycles. The molecule has 22 heavy (non-hydrogen) atoms. The van der Waals surface area contributed by atoms with Crippen molar-refractivity contribution < 1.29 is 9.64 Å². The first-order chi connectivity index (χ1) is 10.6. The maximum Gasteiger partial charge on any atom is 0.170 e. The van der Waals surface area contributed by atoms with Gasteiger partial charge in [-0.1, -0.05) is 26.0 Å². The van der Waals surface area contributed by atoms with E-state index in [4.69, 9.17) is 17.0 Å². The van der Waals surface area contributed by atoms with E-state index in [-0.39, 0.29) is 0 Å². The van der Waals surface area contributed by atoms with E-state index < -0.39 is 0 Å². The number of rotatable bonds is 6. The molecule has 0 aromatic heterocycles. The summed E-state index contributed by atoms with van der Waals surface area (Å²) in [5.74, 6) is 0.528. The molecule has 0 amide bonds. The molecule has 0 radical (unpaired) electrons. The monoisotopic (exact) mass is 322 g/mol. The molecule has 4 nitrogen and oxygen atoms in total. The highest BCUT2D eigenvalue weighted by Crippen LogP contribution is 2.18. The molecule has 1 aliphatic heterocycles. The maximum absolute atomic E-state index is 5.37. The second kappa shape index (κ2) is 9.08. The van der Waals surface area contributed by atoms with E-state index >= 15 is 0 Å². The summed E-state index contributed by atoms with van der Waals surface area (Å²) in [4.78, 5) is 1.64. The van der Waals surface area contributed by atoms with Crippen LogP contribution in [0.4, 0.5) is 5.69 Å². The van der Waals surface area contributed by atoms with Gasteiger partial charge in [-0.15, -0.1) is 0 Å². The van der Waals surface area contributed by atoms with E-state index in [1.54, 1.807) is 4.90 Å². The average molecular weight is 322 g/mol. The van der Waals surface area contributed by atoms with Crippen molar-refractivity contribution in [3.8, 4) is 0 Å². The topological polar surface area (TPSA) is 37.7 Å². The van der Waals surface area contributed by atoms with Gasteiger partial charge < -0.3 is 20.3 Å². The van der Waals surface area contributed by atoms with Crippen LogP contribution in [0.1, 0.15) is 31.7 Å². The van der Waals surface area contributed by atoms with Crippen LogP contribution < -0.4 is 15.5 Å². The van der Waals surface area contributed by atoms with Gasteiger partial charge in [0.25, 0.3) is 0 Å². The average Bonchev–Trinajstić information content (AvgIpc) is 2.53. The fourth-order valence-electron chi connectivity index (χ4n) is 2.60. The Hall–Kier alpha value is -1.17. The first kappa shape index (κ1) is 17.2. The number of morpholine rings is 1. The number of benzene rings is 1. The van der Waals surface area contributed by atoms with Gasteiger partial charge in [0.15, 0.2) is 5.11 Å². The van der Waals surface area contributed by atoms with Crippen molar-refractivity contribution >= 4 is 23.0 Å². The lowest BCUT2D eigenvalue weighted by Crippen LogP contribution is -3.14. The summed E-state index contributed by atoms with van der Waals surface area (Å²) in [7, 11) is 0. The van der Waals surface area contributed by atoms with Crippen molar-refractivity contribution in [2.24, 2.45) is 0 Å². The Morgan fingerprint density at radius 2 is 2.09 bits per heavy atom. The third kappa shape index (κ3) is 5.91. The Morgan fingerprint density at radius 1 is 1.32 bits per heavy atom. The molecule has 3 N–H and O–H groups in total. The highest BCUT2D eigenvalue weighted by molar-refractivity contribution is 7.80. The van der Waals surface area contributed by atoms with Crippen molar-refractivity contribution in [1.29, 1.82) is 0 Å². The zero-order chi connectivity index (χ0) is 15.8. The van der Waals surface area contributed by atoms with Crippen LogP contribution in [0, 0.1) is 0 Å². The van der Waals surface area contributed by atoms with Gasteiger partial charge in [0.2, 0.25) is 0 Å². The van der Waals surface area contributed by atoms with Gasteiger partial charge in [0, 0.05) is 18.7 Å². The minimum atomic E-state index is 0.528. The number of nitrogens with one attached hydrogen (secondary N) is 3. The van der Waals surface area contributed by atoms with Crippen LogP contribution >= 0.6 is 12.2 Å². The third-order valence-corrected chi connectivity index (χ3v) is 4.25. The van der Waals surface area contributed by atoms with Gasteiger partial charge in [0.1, 0.15) is 13.1 Å². The molecule has 0 saturated carbocycles. The van der Waals surface area contributed by atoms with E-state index in [1.807, 2.05) is 0 Å². The van der Waals surface area contributed by atoms with Gasteiger partial charge in [-0.05, 0) is 35.8 Å². The number of anilines is 1. The second-order valence-electron chi connectivity index (χ2n) is 6.13. The van der Waals surface area contributed by atoms with Crippen molar-refractivity contribution in [1.82, 2.24) is 5.32 Å². The zero-order valence-electron chi connectivity index (χ0n) is 13.7. The first-order valence-electron chi connectivity index (χ1n) is 8.21. The number of hydrogen-bond donors (Lipinski definition) is 3. The molecule has 0 unspecified atom stereocenters. The lowest BCUT2D eigenvalue weighted by atomic mass is 10.0. The Balaban J connectivity index is 1.66. The molecule has 1 aliphatic rings. The number of thiocarbonyl (C=S) groups is 1. The number of quaternary nitrogens is 1. The van der Waals surface area contributed by atoms with Crippen LogP contribution in [0.2, 0.25) is 0 Å². The van der Waals surface area contributed by atoms with Crippen molar-refractivity contribution in [3.05, 3.63) is 29.8 Å². The molecule has 0 bridgehead atoms. The van der Waals surface area contributed by atoms with Crippen LogP contribution in [0.5, 0.6) is 0 Å². The molecule has 0 spiro atoms. The largest absolute Gasteiger partial charge is 0.370 e. The van der Waals surface area contributed by atoms with Gasteiger partial charge in [-0.3, -0.25) is 0 Å². The fourth-order valence-corrected chi connectivity index (χ4v) is 2.82. The van der Waals surface area contributed by atoms with Crippen LogP contribution in [0.3, 0.4) is 0 Å². The molecule has 0 atom stereocenters. The molecule has 1 fully saturated rings. The van der Waals surface area contributed by atoms with Crippen molar-refractivity contribution in [2.75, 3.05) is 44.7 Å². The Bertz CT molecular complexity index is 473. The van der Waals surface area contributed by atoms with Gasteiger partial charge >= 0.3 is 0 Å². The summed E-state index contributed by atoms with van der Waals surface area (Å²) < 4.78 is 5.37. The van der Waals surface area contributed by atoms with Crippen LogP contribution in [-0.4, -0.2) is 44.5 Å². The summed E-state index contributed by atoms with van der Waals surface area (Å²) in [6.45, 7) is 10.6. The smallest absolute Gasteiger partial charge is 0.170 e. The van der Waals surface area contributed by atoms with Crippen LogP contribution in [-0.2, 0) is 4.74 Å². The quantitative estimate of drug-likeness (QED) is 0.547. The van der Waals surface area contributed by atoms with E-state index in [1.165, 1.54) is 12.1 Å². The molecule has 2 rings (SSSR count). The van der Waals surface area contributed by atoms with E-state index in [0.717, 1.165) is 45.0 Å². The molecule has 1 aromatic rings. The fraction of sp³-hybridized carbons (Fsp3) is 0.588. The highest BCUT2D eigenvalue weighted by Gasteiger charge is 2.12. The van der Waals surface area contributed by atoms with Crippen LogP contribution in [0.15, 0.2) is 24.3 Å². The summed E-state index contributed by atoms with van der Waals surface area (Å²) in [6.07, 6.45) is 1.13. The molecule has 122 valence electrons. The maximum atomic E-state index is 5.37. The molecular weight excluding hydrogens is 294 g/mol. The van der Waals surface area contributed by atoms with E-state index in [0.29, 0.717) is 11.0 Å². The predicted octanol–water partition coefficient (Wildman–Crippen LogP) is 1.40. The Labute approximate surface area is 139 Å². The van der Waals surface area contributed by atoms with Crippen molar-refractivity contribution in [3.63, 3.8) is 0 Å². The van der Waals surface area contributed by atoms with E-state index in [2.05, 4.69) is 48.7 Å². The molecule has 0 aliphatic carbocycles. The normalized spacial score (nSPS) is 15.8. The van der Waals surface area contributed by atoms with Crippen LogP contribution in [0.25, 0.3) is 0 Å². The van der Waals surface area contributed by atoms with Gasteiger partial charge in [-0.25, -0.2) is 0 Å². The number of hydrogen-bond acceptors (Lipinski definition) is 2. The van der Waals surface area contributed by atoms with Crippen molar-refractivity contribution in [2.45, 2.75) is 26.2 Å². The summed E-state index contributed by atoms with van der Waals surface area (Å²) in [6, 6.07) is 8.44. The predicted molar refractivity (Wildman–Crippen MR) is 95.8 cm³/mol. The molecule has 1 saturated heterocycles. The highest BCUT2D eigenvalue weighted by atomic mass is 32.1. The number of ether oxygens (including phenoxy) is 1. The molecule has 5 heteroatoms.